The van der Waals surface area contributed by atoms with Gasteiger partial charge in [0, 0.05) is 10.7 Å². The van der Waals surface area contributed by atoms with Crippen LogP contribution in [0.5, 0.6) is 0 Å². The van der Waals surface area contributed by atoms with Crippen LogP contribution in [0.25, 0.3) is 5.52 Å². The Morgan fingerprint density at radius 3 is 2.87 bits per heavy atom. The smallest absolute Gasteiger partial charge is 0.356 e. The second kappa shape index (κ2) is 3.63. The molecule has 0 bridgehead atoms. The van der Waals surface area contributed by atoms with Gasteiger partial charge in [-0.05, 0) is 28.1 Å². The number of carbonyl (C=O) groups is 1. The van der Waals surface area contributed by atoms with Crippen molar-refractivity contribution in [2.24, 2.45) is 0 Å². The van der Waals surface area contributed by atoms with Crippen LogP contribution >= 0.6 is 15.9 Å². The van der Waals surface area contributed by atoms with Gasteiger partial charge < -0.3 is 10.2 Å². The van der Waals surface area contributed by atoms with Gasteiger partial charge in [-0.25, -0.2) is 9.78 Å². The van der Waals surface area contributed by atoms with E-state index in [0.717, 1.165) is 4.47 Å². The minimum absolute atomic E-state index is 0.0495. The molecule has 0 atom stereocenters. The number of imidazole rings is 1. The van der Waals surface area contributed by atoms with Crippen molar-refractivity contribution in [3.63, 3.8) is 0 Å². The molecule has 0 amide bonds. The summed E-state index contributed by atoms with van der Waals surface area (Å²) in [6.07, 6.45) is 1.67. The van der Waals surface area contributed by atoms with Crippen LogP contribution in [-0.4, -0.2) is 25.6 Å². The van der Waals surface area contributed by atoms with Gasteiger partial charge in [0.25, 0.3) is 0 Å². The Hall–Kier alpha value is -1.40. The maximum atomic E-state index is 10.9. The van der Waals surface area contributed by atoms with Gasteiger partial charge in [0.1, 0.15) is 12.4 Å². The Morgan fingerprint density at radius 2 is 2.27 bits per heavy atom. The predicted octanol–water partition coefficient (Wildman–Crippen LogP) is 1.29. The number of aromatic nitrogens is 2. The van der Waals surface area contributed by atoms with Crippen molar-refractivity contribution in [1.29, 1.82) is 0 Å². The number of aliphatic hydroxyl groups is 1. The SMILES string of the molecule is O=C(O)c1nc(CO)n2cc(Br)ccc12. The zero-order chi connectivity index (χ0) is 11.0. The molecule has 2 aromatic heterocycles. The number of carboxylic acid groups (broad SMARTS) is 1. The minimum atomic E-state index is -1.10. The minimum Gasteiger partial charge on any atom is -0.476 e. The molecule has 0 saturated carbocycles. The lowest BCUT2D eigenvalue weighted by Crippen LogP contribution is -1.97. The quantitative estimate of drug-likeness (QED) is 0.863. The molecule has 6 heteroatoms. The molecule has 15 heavy (non-hydrogen) atoms. The molecule has 0 aliphatic rings. The molecular weight excluding hydrogens is 264 g/mol. The van der Waals surface area contributed by atoms with Crippen molar-refractivity contribution in [3.8, 4) is 0 Å². The highest BCUT2D eigenvalue weighted by atomic mass is 79.9. The lowest BCUT2D eigenvalue weighted by atomic mass is 10.3. The van der Waals surface area contributed by atoms with Gasteiger partial charge in [-0.2, -0.15) is 0 Å². The summed E-state index contributed by atoms with van der Waals surface area (Å²) in [6, 6.07) is 3.37. The number of fused-ring (bicyclic) bond motifs is 1. The molecule has 2 heterocycles. The standard InChI is InChI=1S/C9H7BrN2O3/c10-5-1-2-6-8(9(14)15)11-7(4-13)12(6)3-5/h1-3,13H,4H2,(H,14,15). The van der Waals surface area contributed by atoms with Crippen LogP contribution in [0.4, 0.5) is 0 Å². The van der Waals surface area contributed by atoms with E-state index >= 15 is 0 Å². The average Bonchev–Trinajstić information content (AvgIpc) is 2.55. The molecule has 0 aliphatic heterocycles. The van der Waals surface area contributed by atoms with E-state index in [1.54, 1.807) is 22.7 Å². The van der Waals surface area contributed by atoms with Gasteiger partial charge in [0.05, 0.1) is 5.52 Å². The van der Waals surface area contributed by atoms with E-state index in [2.05, 4.69) is 20.9 Å². The summed E-state index contributed by atoms with van der Waals surface area (Å²) >= 11 is 3.26. The zero-order valence-electron chi connectivity index (χ0n) is 7.51. The molecule has 0 saturated heterocycles. The number of hydrogen-bond acceptors (Lipinski definition) is 3. The van der Waals surface area contributed by atoms with Crippen molar-refractivity contribution in [3.05, 3.63) is 34.3 Å². The number of pyridine rings is 1. The largest absolute Gasteiger partial charge is 0.476 e. The highest BCUT2D eigenvalue weighted by Crippen LogP contribution is 2.17. The summed E-state index contributed by atoms with van der Waals surface area (Å²) in [7, 11) is 0. The molecule has 2 N–H and O–H groups in total. The summed E-state index contributed by atoms with van der Waals surface area (Å²) in [5.41, 5.74) is 0.418. The third kappa shape index (κ3) is 1.62. The van der Waals surface area contributed by atoms with Gasteiger partial charge in [0.15, 0.2) is 5.69 Å². The number of hydrogen-bond donors (Lipinski definition) is 2. The maximum Gasteiger partial charge on any atom is 0.356 e. The molecule has 0 radical (unpaired) electrons. The summed E-state index contributed by atoms with van der Waals surface area (Å²) < 4.78 is 2.34. The van der Waals surface area contributed by atoms with Crippen molar-refractivity contribution < 1.29 is 15.0 Å². The van der Waals surface area contributed by atoms with E-state index < -0.39 is 5.97 Å². The second-order valence-corrected chi connectivity index (χ2v) is 3.86. The van der Waals surface area contributed by atoms with E-state index in [1.807, 2.05) is 0 Å². The predicted molar refractivity (Wildman–Crippen MR) is 55.8 cm³/mol. The fourth-order valence-corrected chi connectivity index (χ4v) is 1.73. The number of carboxylic acids is 1. The fraction of sp³-hybridized carbons (Fsp3) is 0.111. The third-order valence-electron chi connectivity index (χ3n) is 2.02. The second-order valence-electron chi connectivity index (χ2n) is 2.94. The summed E-state index contributed by atoms with van der Waals surface area (Å²) in [4.78, 5) is 14.7. The van der Waals surface area contributed by atoms with Crippen molar-refractivity contribution >= 4 is 27.4 Å². The van der Waals surface area contributed by atoms with Crippen LogP contribution in [-0.2, 0) is 6.61 Å². The van der Waals surface area contributed by atoms with Crippen LogP contribution in [0.15, 0.2) is 22.8 Å². The first-order valence-corrected chi connectivity index (χ1v) is 4.93. The monoisotopic (exact) mass is 270 g/mol. The Balaban J connectivity index is 2.81. The Bertz CT molecular complexity index is 535. The molecular formula is C9H7BrN2O3. The lowest BCUT2D eigenvalue weighted by Gasteiger charge is -1.98. The maximum absolute atomic E-state index is 10.9. The molecule has 0 fully saturated rings. The third-order valence-corrected chi connectivity index (χ3v) is 2.49. The zero-order valence-corrected chi connectivity index (χ0v) is 9.10. The van der Waals surface area contributed by atoms with Crippen LogP contribution in [0.1, 0.15) is 16.3 Å². The number of aromatic carboxylic acids is 1. The molecule has 0 aliphatic carbocycles. The van der Waals surface area contributed by atoms with E-state index in [-0.39, 0.29) is 12.3 Å². The van der Waals surface area contributed by atoms with Crippen molar-refractivity contribution in [2.45, 2.75) is 6.61 Å². The number of rotatable bonds is 2. The van der Waals surface area contributed by atoms with Crippen molar-refractivity contribution in [1.82, 2.24) is 9.38 Å². The summed E-state index contributed by atoms with van der Waals surface area (Å²) in [5.74, 6) is -0.793. The molecule has 0 spiro atoms. The topological polar surface area (TPSA) is 74.8 Å². The van der Waals surface area contributed by atoms with Gasteiger partial charge in [-0.15, -0.1) is 0 Å². The van der Waals surface area contributed by atoms with Crippen LogP contribution < -0.4 is 0 Å². The highest BCUT2D eigenvalue weighted by Gasteiger charge is 2.15. The number of aliphatic hydroxyl groups excluding tert-OH is 1. The summed E-state index contributed by atoms with van der Waals surface area (Å²) in [6.45, 7) is -0.301. The van der Waals surface area contributed by atoms with Crippen LogP contribution in [0.2, 0.25) is 0 Å². The molecule has 0 aromatic carbocycles. The Morgan fingerprint density at radius 1 is 1.53 bits per heavy atom. The summed E-state index contributed by atoms with van der Waals surface area (Å²) in [5, 5.41) is 17.9. The Labute approximate surface area is 93.1 Å². The lowest BCUT2D eigenvalue weighted by molar-refractivity contribution is 0.0693. The molecule has 78 valence electrons. The number of nitrogens with zero attached hydrogens (tertiary/aromatic N) is 2. The van der Waals surface area contributed by atoms with E-state index in [4.69, 9.17) is 10.2 Å². The first kappa shape index (κ1) is 10.1. The van der Waals surface area contributed by atoms with Crippen molar-refractivity contribution in [2.75, 3.05) is 0 Å². The number of halogens is 1. The van der Waals surface area contributed by atoms with Gasteiger partial charge >= 0.3 is 5.97 Å². The van der Waals surface area contributed by atoms with Gasteiger partial charge in [-0.1, -0.05) is 0 Å². The molecule has 0 unspecified atom stereocenters. The fourth-order valence-electron chi connectivity index (χ4n) is 1.39. The van der Waals surface area contributed by atoms with E-state index in [9.17, 15) is 4.79 Å². The van der Waals surface area contributed by atoms with Gasteiger partial charge in [-0.3, -0.25) is 4.40 Å². The van der Waals surface area contributed by atoms with E-state index in [0.29, 0.717) is 11.3 Å². The molecule has 2 aromatic rings. The van der Waals surface area contributed by atoms with Crippen LogP contribution in [0.3, 0.4) is 0 Å². The normalized spacial score (nSPS) is 10.8. The molecule has 2 rings (SSSR count). The van der Waals surface area contributed by atoms with Gasteiger partial charge in [0.2, 0.25) is 0 Å². The Kier molecular flexibility index (Phi) is 2.45. The first-order valence-electron chi connectivity index (χ1n) is 4.14. The highest BCUT2D eigenvalue weighted by molar-refractivity contribution is 9.10. The first-order chi connectivity index (χ1) is 7.13. The van der Waals surface area contributed by atoms with Crippen LogP contribution in [0, 0.1) is 0 Å². The van der Waals surface area contributed by atoms with E-state index in [1.165, 1.54) is 0 Å². The molecule has 5 nitrogen and oxygen atoms in total. The average molecular weight is 271 g/mol.